The van der Waals surface area contributed by atoms with Gasteiger partial charge in [0.05, 0.1) is 0 Å². The van der Waals surface area contributed by atoms with E-state index in [4.69, 9.17) is 0 Å². The number of hydrogen-bond acceptors (Lipinski definition) is 2. The molecule has 116 valence electrons. The lowest BCUT2D eigenvalue weighted by molar-refractivity contribution is -0.138. The van der Waals surface area contributed by atoms with Crippen LogP contribution in [0.25, 0.3) is 0 Å². The summed E-state index contributed by atoms with van der Waals surface area (Å²) >= 11 is 0. The van der Waals surface area contributed by atoms with Crippen molar-refractivity contribution >= 4 is 5.91 Å². The predicted molar refractivity (Wildman–Crippen MR) is 81.7 cm³/mol. The molecule has 0 spiro atoms. The van der Waals surface area contributed by atoms with Crippen LogP contribution in [0.5, 0.6) is 0 Å². The van der Waals surface area contributed by atoms with Crippen LogP contribution in [-0.4, -0.2) is 37.0 Å². The van der Waals surface area contributed by atoms with Gasteiger partial charge in [0.15, 0.2) is 0 Å². The van der Waals surface area contributed by atoms with E-state index in [-0.39, 0.29) is 0 Å². The van der Waals surface area contributed by atoms with Crippen molar-refractivity contribution in [1.82, 2.24) is 10.2 Å². The first-order valence-corrected chi connectivity index (χ1v) is 9.18. The molecule has 0 aromatic rings. The zero-order valence-corrected chi connectivity index (χ0v) is 13.0. The van der Waals surface area contributed by atoms with Crippen molar-refractivity contribution in [2.24, 2.45) is 35.0 Å². The third-order valence-corrected chi connectivity index (χ3v) is 7.43. The maximum atomic E-state index is 12.9. The lowest BCUT2D eigenvalue weighted by Gasteiger charge is -2.57. The molecule has 3 nitrogen and oxygen atoms in total. The third-order valence-electron chi connectivity index (χ3n) is 7.43. The van der Waals surface area contributed by atoms with E-state index in [1.807, 2.05) is 0 Å². The Kier molecular flexibility index (Phi) is 2.75. The molecule has 2 atom stereocenters. The largest absolute Gasteiger partial charge is 0.342 e. The average molecular weight is 288 g/mol. The van der Waals surface area contributed by atoms with Crippen LogP contribution in [0.1, 0.15) is 44.9 Å². The van der Waals surface area contributed by atoms with Crippen LogP contribution in [-0.2, 0) is 4.79 Å². The summed E-state index contributed by atoms with van der Waals surface area (Å²) in [5.41, 5.74) is 0.418. The molecule has 21 heavy (non-hydrogen) atoms. The molecule has 4 saturated carbocycles. The Bertz CT molecular complexity index is 413. The van der Waals surface area contributed by atoms with Crippen molar-refractivity contribution in [3.63, 3.8) is 0 Å². The summed E-state index contributed by atoms with van der Waals surface area (Å²) in [6.45, 7) is 4.32. The zero-order valence-electron chi connectivity index (χ0n) is 13.0. The molecule has 0 aromatic heterocycles. The molecule has 1 N–H and O–H groups in total. The van der Waals surface area contributed by atoms with Crippen LogP contribution in [0.4, 0.5) is 0 Å². The molecule has 6 aliphatic rings. The van der Waals surface area contributed by atoms with Crippen LogP contribution in [0, 0.1) is 35.0 Å². The second kappa shape index (κ2) is 4.47. The lowest BCUT2D eigenvalue weighted by Crippen LogP contribution is -2.48. The van der Waals surface area contributed by atoms with E-state index in [0.29, 0.717) is 11.3 Å². The molecule has 2 saturated heterocycles. The van der Waals surface area contributed by atoms with E-state index < -0.39 is 0 Å². The second-order valence-corrected chi connectivity index (χ2v) is 9.07. The second-order valence-electron chi connectivity index (χ2n) is 9.07. The molecule has 0 aromatic carbocycles. The molecule has 4 bridgehead atoms. The number of carbonyl (C=O) groups excluding carboxylic acids is 1. The number of hydrogen-bond donors (Lipinski definition) is 1. The fourth-order valence-corrected chi connectivity index (χ4v) is 7.00. The summed E-state index contributed by atoms with van der Waals surface area (Å²) in [5.74, 6) is 4.87. The van der Waals surface area contributed by atoms with E-state index in [2.05, 4.69) is 10.2 Å². The quantitative estimate of drug-likeness (QED) is 0.845. The van der Waals surface area contributed by atoms with Crippen LogP contribution >= 0.6 is 0 Å². The van der Waals surface area contributed by atoms with E-state index in [0.717, 1.165) is 62.2 Å². The van der Waals surface area contributed by atoms with E-state index in [1.165, 1.54) is 38.5 Å². The fourth-order valence-electron chi connectivity index (χ4n) is 7.00. The topological polar surface area (TPSA) is 32.3 Å². The molecule has 2 aliphatic heterocycles. The van der Waals surface area contributed by atoms with Crippen LogP contribution in [0.15, 0.2) is 0 Å². The van der Waals surface area contributed by atoms with Gasteiger partial charge in [-0.2, -0.15) is 0 Å². The van der Waals surface area contributed by atoms with E-state index in [9.17, 15) is 4.79 Å². The van der Waals surface area contributed by atoms with Gasteiger partial charge in [-0.3, -0.25) is 4.79 Å². The Hall–Kier alpha value is -0.570. The molecule has 6 fully saturated rings. The van der Waals surface area contributed by atoms with Crippen LogP contribution < -0.4 is 5.32 Å². The minimum atomic E-state index is 0.418. The minimum absolute atomic E-state index is 0.418. The molecule has 1 amide bonds. The molecule has 2 unspecified atom stereocenters. The maximum absolute atomic E-state index is 12.9. The molecule has 0 radical (unpaired) electrons. The van der Waals surface area contributed by atoms with Gasteiger partial charge in [0.2, 0.25) is 5.91 Å². The molecule has 4 aliphatic carbocycles. The highest BCUT2D eigenvalue weighted by Crippen LogP contribution is 2.61. The van der Waals surface area contributed by atoms with Gasteiger partial charge in [0.25, 0.3) is 0 Å². The summed E-state index contributed by atoms with van der Waals surface area (Å²) < 4.78 is 0. The first kappa shape index (κ1) is 12.9. The van der Waals surface area contributed by atoms with Crippen LogP contribution in [0.3, 0.4) is 0 Å². The standard InChI is InChI=1S/C18H28N2O/c21-17(20-10-15-8-19-9-16(15)11-20)7-18-4-12-1-13(5-18)3-14(2-12)6-18/h12-16,19H,1-11H2. The van der Waals surface area contributed by atoms with Crippen molar-refractivity contribution in [2.75, 3.05) is 26.2 Å². The Morgan fingerprint density at radius 3 is 2.00 bits per heavy atom. The summed E-state index contributed by atoms with van der Waals surface area (Å²) in [7, 11) is 0. The lowest BCUT2D eigenvalue weighted by atomic mass is 9.49. The van der Waals surface area contributed by atoms with Gasteiger partial charge >= 0.3 is 0 Å². The number of nitrogens with one attached hydrogen (secondary N) is 1. The SMILES string of the molecule is O=C(CC12CC3CC(CC(C3)C1)C2)N1CC2CNCC2C1. The number of rotatable bonds is 2. The molecule has 2 heterocycles. The van der Waals surface area contributed by atoms with Gasteiger partial charge in [-0.25, -0.2) is 0 Å². The fraction of sp³-hybridized carbons (Fsp3) is 0.944. The summed E-state index contributed by atoms with van der Waals surface area (Å²) in [6.07, 6.45) is 9.42. The van der Waals surface area contributed by atoms with Gasteiger partial charge in [-0.15, -0.1) is 0 Å². The minimum Gasteiger partial charge on any atom is -0.342 e. The monoisotopic (exact) mass is 288 g/mol. The Morgan fingerprint density at radius 2 is 1.48 bits per heavy atom. The van der Waals surface area contributed by atoms with E-state index >= 15 is 0 Å². The van der Waals surface area contributed by atoms with Crippen molar-refractivity contribution in [2.45, 2.75) is 44.9 Å². The zero-order chi connectivity index (χ0) is 14.0. The van der Waals surface area contributed by atoms with Crippen molar-refractivity contribution < 1.29 is 4.79 Å². The van der Waals surface area contributed by atoms with Crippen LogP contribution in [0.2, 0.25) is 0 Å². The number of amides is 1. The van der Waals surface area contributed by atoms with Crippen molar-refractivity contribution in [1.29, 1.82) is 0 Å². The number of carbonyl (C=O) groups is 1. The first-order valence-electron chi connectivity index (χ1n) is 9.18. The Morgan fingerprint density at radius 1 is 0.952 bits per heavy atom. The van der Waals surface area contributed by atoms with Gasteiger partial charge in [0, 0.05) is 32.6 Å². The molecular weight excluding hydrogens is 260 g/mol. The smallest absolute Gasteiger partial charge is 0.223 e. The summed E-state index contributed by atoms with van der Waals surface area (Å²) in [4.78, 5) is 15.1. The normalized spacial score (nSPS) is 50.7. The van der Waals surface area contributed by atoms with Crippen molar-refractivity contribution in [3.05, 3.63) is 0 Å². The number of likely N-dealkylation sites (tertiary alicyclic amines) is 1. The van der Waals surface area contributed by atoms with Crippen molar-refractivity contribution in [3.8, 4) is 0 Å². The molecule has 6 rings (SSSR count). The summed E-state index contributed by atoms with van der Waals surface area (Å²) in [6, 6.07) is 0. The van der Waals surface area contributed by atoms with E-state index in [1.54, 1.807) is 0 Å². The van der Waals surface area contributed by atoms with Gasteiger partial charge < -0.3 is 10.2 Å². The highest BCUT2D eigenvalue weighted by atomic mass is 16.2. The molecule has 3 heteroatoms. The number of fused-ring (bicyclic) bond motifs is 1. The Balaban J connectivity index is 1.28. The Labute approximate surface area is 127 Å². The average Bonchev–Trinajstić information content (AvgIpc) is 2.96. The molecular formula is C18H28N2O. The highest BCUT2D eigenvalue weighted by molar-refractivity contribution is 5.77. The van der Waals surface area contributed by atoms with Gasteiger partial charge in [0.1, 0.15) is 0 Å². The number of nitrogens with zero attached hydrogens (tertiary/aromatic N) is 1. The summed E-state index contributed by atoms with van der Waals surface area (Å²) in [5, 5.41) is 3.47. The third kappa shape index (κ3) is 2.07. The highest BCUT2D eigenvalue weighted by Gasteiger charge is 2.52. The maximum Gasteiger partial charge on any atom is 0.223 e. The van der Waals surface area contributed by atoms with Gasteiger partial charge in [-0.05, 0) is 73.5 Å². The predicted octanol–water partition coefficient (Wildman–Crippen LogP) is 2.27. The van der Waals surface area contributed by atoms with Gasteiger partial charge in [-0.1, -0.05) is 0 Å². The first-order chi connectivity index (χ1) is 10.2.